The monoisotopic (exact) mass is 403 g/mol. The Bertz CT molecular complexity index is 977. The van der Waals surface area contributed by atoms with Crippen LogP contribution < -0.4 is 20.7 Å². The molecule has 0 radical (unpaired) electrons. The van der Waals surface area contributed by atoms with Crippen LogP contribution in [0.25, 0.3) is 0 Å². The second-order valence-corrected chi connectivity index (χ2v) is 7.94. The zero-order chi connectivity index (χ0) is 20.9. The summed E-state index contributed by atoms with van der Waals surface area (Å²) in [6, 6.07) is 14.4. The Labute approximate surface area is 178 Å². The Morgan fingerprint density at radius 1 is 0.900 bits per heavy atom. The van der Waals surface area contributed by atoms with Gasteiger partial charge in [0.05, 0.1) is 0 Å². The van der Waals surface area contributed by atoms with E-state index in [0.29, 0.717) is 12.1 Å². The number of nitrogens with one attached hydrogen (secondary N) is 3. The topological polar surface area (TPSA) is 71.1 Å². The van der Waals surface area contributed by atoms with Crippen LogP contribution in [0.5, 0.6) is 5.75 Å². The lowest BCUT2D eigenvalue weighted by atomic mass is 10.1. The maximum atomic E-state index is 6.07. The largest absolute Gasteiger partial charge is 0.490 e. The van der Waals surface area contributed by atoms with Gasteiger partial charge < -0.3 is 20.7 Å². The lowest BCUT2D eigenvalue weighted by Crippen LogP contribution is -2.34. The van der Waals surface area contributed by atoms with Gasteiger partial charge in [0.1, 0.15) is 17.7 Å². The number of nitrogens with zero attached hydrogens (tertiary/aromatic N) is 2. The highest BCUT2D eigenvalue weighted by atomic mass is 16.5. The van der Waals surface area contributed by atoms with E-state index >= 15 is 0 Å². The van der Waals surface area contributed by atoms with Crippen LogP contribution in [0.2, 0.25) is 0 Å². The maximum absolute atomic E-state index is 6.07. The van der Waals surface area contributed by atoms with Crippen LogP contribution in [0.15, 0.2) is 48.7 Å². The van der Waals surface area contributed by atoms with Crippen molar-refractivity contribution in [2.45, 2.75) is 39.7 Å². The van der Waals surface area contributed by atoms with E-state index in [1.54, 1.807) is 0 Å². The van der Waals surface area contributed by atoms with Gasteiger partial charge in [-0.3, -0.25) is 0 Å². The molecule has 0 unspecified atom stereocenters. The van der Waals surface area contributed by atoms with Crippen molar-refractivity contribution in [3.63, 3.8) is 0 Å². The zero-order valence-corrected chi connectivity index (χ0v) is 17.8. The molecule has 1 aromatic heterocycles. The van der Waals surface area contributed by atoms with Gasteiger partial charge >= 0.3 is 0 Å². The predicted octanol–water partition coefficient (Wildman–Crippen LogP) is 5.02. The third kappa shape index (κ3) is 5.27. The van der Waals surface area contributed by atoms with E-state index < -0.39 is 0 Å². The molecule has 1 aliphatic heterocycles. The van der Waals surface area contributed by atoms with Crippen LogP contribution in [0.3, 0.4) is 0 Å². The molecule has 3 N–H and O–H groups in total. The number of ether oxygens (including phenoxy) is 1. The highest BCUT2D eigenvalue weighted by Crippen LogP contribution is 2.24. The summed E-state index contributed by atoms with van der Waals surface area (Å²) < 4.78 is 6.07. The number of rotatable bonds is 6. The normalized spacial score (nSPS) is 14.4. The Kier molecular flexibility index (Phi) is 6.14. The second kappa shape index (κ2) is 9.13. The standard InChI is InChI=1S/C24H29N5O/c1-16-12-17(2)14-20(13-16)27-23-18(3)15-26-24(29-23)28-19-4-6-21(7-5-19)30-22-8-10-25-11-9-22/h4-7,12-15,22,25H,8-11H2,1-3H3,(H2,26,27,28,29). The minimum atomic E-state index is 0.296. The first-order valence-electron chi connectivity index (χ1n) is 10.5. The number of anilines is 4. The van der Waals surface area contributed by atoms with E-state index in [4.69, 9.17) is 4.74 Å². The number of hydrogen-bond donors (Lipinski definition) is 3. The van der Waals surface area contributed by atoms with Crippen molar-refractivity contribution in [3.05, 3.63) is 65.4 Å². The summed E-state index contributed by atoms with van der Waals surface area (Å²) in [6.07, 6.45) is 4.22. The van der Waals surface area contributed by atoms with Crippen LogP contribution in [0, 0.1) is 20.8 Å². The molecule has 0 aliphatic carbocycles. The van der Waals surface area contributed by atoms with Crippen LogP contribution in [-0.2, 0) is 0 Å². The lowest BCUT2D eigenvalue weighted by Gasteiger charge is -2.23. The van der Waals surface area contributed by atoms with Crippen molar-refractivity contribution in [3.8, 4) is 5.75 Å². The van der Waals surface area contributed by atoms with Crippen molar-refractivity contribution in [1.29, 1.82) is 0 Å². The van der Waals surface area contributed by atoms with Gasteiger partial charge in [-0.1, -0.05) is 6.07 Å². The number of benzene rings is 2. The molecule has 2 aromatic carbocycles. The minimum Gasteiger partial charge on any atom is -0.490 e. The third-order valence-corrected chi connectivity index (χ3v) is 5.16. The molecule has 0 saturated carbocycles. The number of hydrogen-bond acceptors (Lipinski definition) is 6. The van der Waals surface area contributed by atoms with Gasteiger partial charge in [-0.15, -0.1) is 0 Å². The van der Waals surface area contributed by atoms with Gasteiger partial charge in [-0.2, -0.15) is 4.98 Å². The number of aromatic nitrogens is 2. The lowest BCUT2D eigenvalue weighted by molar-refractivity contribution is 0.162. The van der Waals surface area contributed by atoms with Gasteiger partial charge in [-0.05, 0) is 94.2 Å². The average molecular weight is 404 g/mol. The van der Waals surface area contributed by atoms with E-state index in [-0.39, 0.29) is 0 Å². The molecular formula is C24H29N5O. The predicted molar refractivity (Wildman–Crippen MR) is 122 cm³/mol. The fourth-order valence-corrected chi connectivity index (χ4v) is 3.66. The van der Waals surface area contributed by atoms with E-state index in [2.05, 4.69) is 58.0 Å². The molecule has 3 aromatic rings. The summed E-state index contributed by atoms with van der Waals surface area (Å²) in [5, 5.41) is 10.1. The highest BCUT2D eigenvalue weighted by Gasteiger charge is 2.14. The molecule has 4 rings (SSSR count). The molecule has 1 saturated heterocycles. The number of piperidine rings is 1. The molecule has 6 nitrogen and oxygen atoms in total. The van der Waals surface area contributed by atoms with Crippen molar-refractivity contribution in [2.75, 3.05) is 23.7 Å². The summed E-state index contributed by atoms with van der Waals surface area (Å²) >= 11 is 0. The summed E-state index contributed by atoms with van der Waals surface area (Å²) in [6.45, 7) is 8.23. The molecule has 0 atom stereocenters. The van der Waals surface area contributed by atoms with Gasteiger partial charge in [0.2, 0.25) is 5.95 Å². The van der Waals surface area contributed by atoms with E-state index in [1.807, 2.05) is 37.4 Å². The molecule has 6 heteroatoms. The molecule has 2 heterocycles. The zero-order valence-electron chi connectivity index (χ0n) is 17.8. The number of aryl methyl sites for hydroxylation is 3. The summed E-state index contributed by atoms with van der Waals surface area (Å²) in [5.41, 5.74) is 5.38. The quantitative estimate of drug-likeness (QED) is 0.537. The van der Waals surface area contributed by atoms with Crippen molar-refractivity contribution in [1.82, 2.24) is 15.3 Å². The van der Waals surface area contributed by atoms with Crippen LogP contribution in [0.4, 0.5) is 23.1 Å². The van der Waals surface area contributed by atoms with Crippen molar-refractivity contribution < 1.29 is 4.74 Å². The molecule has 156 valence electrons. The molecule has 0 bridgehead atoms. The molecule has 1 aliphatic rings. The van der Waals surface area contributed by atoms with Crippen LogP contribution in [0.1, 0.15) is 29.5 Å². The first kappa shape index (κ1) is 20.2. The maximum Gasteiger partial charge on any atom is 0.229 e. The van der Waals surface area contributed by atoms with Gasteiger partial charge in [-0.25, -0.2) is 4.98 Å². The Hall–Kier alpha value is -3.12. The van der Waals surface area contributed by atoms with Gasteiger partial charge in [0.15, 0.2) is 0 Å². The molecule has 1 fully saturated rings. The summed E-state index contributed by atoms with van der Waals surface area (Å²) in [7, 11) is 0. The average Bonchev–Trinajstić information content (AvgIpc) is 2.72. The fraction of sp³-hybridized carbons (Fsp3) is 0.333. The second-order valence-electron chi connectivity index (χ2n) is 7.94. The van der Waals surface area contributed by atoms with Crippen molar-refractivity contribution >= 4 is 23.1 Å². The van der Waals surface area contributed by atoms with E-state index in [9.17, 15) is 0 Å². The molecular weight excluding hydrogens is 374 g/mol. The smallest absolute Gasteiger partial charge is 0.229 e. The first-order valence-corrected chi connectivity index (χ1v) is 10.5. The van der Waals surface area contributed by atoms with Gasteiger partial charge in [0.25, 0.3) is 0 Å². The molecule has 30 heavy (non-hydrogen) atoms. The third-order valence-electron chi connectivity index (χ3n) is 5.16. The minimum absolute atomic E-state index is 0.296. The Morgan fingerprint density at radius 3 is 2.30 bits per heavy atom. The van der Waals surface area contributed by atoms with E-state index in [1.165, 1.54) is 11.1 Å². The Balaban J connectivity index is 1.43. The Morgan fingerprint density at radius 2 is 1.60 bits per heavy atom. The fourth-order valence-electron chi connectivity index (χ4n) is 3.66. The van der Waals surface area contributed by atoms with Crippen LogP contribution in [-0.4, -0.2) is 29.2 Å². The highest BCUT2D eigenvalue weighted by molar-refractivity contribution is 5.63. The summed E-state index contributed by atoms with van der Waals surface area (Å²) in [5.74, 6) is 2.25. The molecule has 0 spiro atoms. The van der Waals surface area contributed by atoms with E-state index in [0.717, 1.165) is 54.4 Å². The molecule has 0 amide bonds. The van der Waals surface area contributed by atoms with Crippen LogP contribution >= 0.6 is 0 Å². The summed E-state index contributed by atoms with van der Waals surface area (Å²) in [4.78, 5) is 9.09. The van der Waals surface area contributed by atoms with Crippen molar-refractivity contribution in [2.24, 2.45) is 0 Å². The first-order chi connectivity index (χ1) is 14.5. The van der Waals surface area contributed by atoms with Gasteiger partial charge in [0, 0.05) is 23.1 Å². The SMILES string of the molecule is Cc1cc(C)cc(Nc2nc(Nc3ccc(OC4CCNCC4)cc3)ncc2C)c1.